The third kappa shape index (κ3) is 6.74. The van der Waals surface area contributed by atoms with E-state index in [-0.39, 0.29) is 24.8 Å². The maximum Gasteiger partial charge on any atom is 0.252 e. The van der Waals surface area contributed by atoms with Gasteiger partial charge in [0.1, 0.15) is 5.75 Å². The van der Waals surface area contributed by atoms with E-state index in [0.29, 0.717) is 17.9 Å². The number of ether oxygens (including phenoxy) is 1. The van der Waals surface area contributed by atoms with Gasteiger partial charge < -0.3 is 15.4 Å². The molecule has 2 aromatic carbocycles. The van der Waals surface area contributed by atoms with Crippen molar-refractivity contribution in [3.05, 3.63) is 59.1 Å². The topological polar surface area (TPSA) is 58.8 Å². The minimum atomic E-state index is -0.460. The summed E-state index contributed by atoms with van der Waals surface area (Å²) in [5, 5.41) is 0.776. The number of carbonyl (C=O) groups excluding carboxylic acids is 1. The van der Waals surface area contributed by atoms with E-state index in [9.17, 15) is 4.79 Å². The zero-order chi connectivity index (χ0) is 18.4. The monoisotopic (exact) mass is 445 g/mol. The summed E-state index contributed by atoms with van der Waals surface area (Å²) in [4.78, 5) is 16.2. The summed E-state index contributed by atoms with van der Waals surface area (Å²) >= 11 is 6.08. The molecule has 1 saturated heterocycles. The number of halogens is 3. The van der Waals surface area contributed by atoms with Gasteiger partial charge in [0.15, 0.2) is 0 Å². The Morgan fingerprint density at radius 3 is 2.43 bits per heavy atom. The van der Waals surface area contributed by atoms with Crippen molar-refractivity contribution in [2.45, 2.75) is 6.42 Å². The van der Waals surface area contributed by atoms with Crippen molar-refractivity contribution < 1.29 is 9.53 Å². The summed E-state index contributed by atoms with van der Waals surface area (Å²) in [6.45, 7) is 5.56. The molecule has 0 saturated carbocycles. The first-order valence-corrected chi connectivity index (χ1v) is 9.26. The Bertz CT molecular complexity index is 753. The van der Waals surface area contributed by atoms with Crippen molar-refractivity contribution in [2.24, 2.45) is 5.73 Å². The summed E-state index contributed by atoms with van der Waals surface area (Å²) in [6, 6.07) is 15.1. The molecule has 0 atom stereocenters. The largest absolute Gasteiger partial charge is 0.493 e. The highest BCUT2D eigenvalue weighted by Crippen LogP contribution is 2.21. The van der Waals surface area contributed by atoms with Crippen LogP contribution in [0.25, 0.3) is 0 Å². The Balaban J connectivity index is 0.00000196. The summed E-state index contributed by atoms with van der Waals surface area (Å²) < 4.78 is 5.74. The number of amides is 1. The van der Waals surface area contributed by atoms with Gasteiger partial charge in [-0.05, 0) is 36.8 Å². The second kappa shape index (κ2) is 12.0. The van der Waals surface area contributed by atoms with Gasteiger partial charge in [0.25, 0.3) is 5.91 Å². The van der Waals surface area contributed by atoms with Gasteiger partial charge in [-0.25, -0.2) is 0 Å². The molecule has 0 radical (unpaired) electrons. The van der Waals surface area contributed by atoms with E-state index in [1.807, 2.05) is 24.3 Å². The predicted octanol–water partition coefficient (Wildman–Crippen LogP) is 3.87. The standard InChI is InChI=1S/C20H24ClN3O2.2ClH/c21-16-5-3-6-17(15-16)24-12-10-23(11-13-24)9-4-14-26-19-8-2-1-7-18(19)20(22)25;;/h1-3,5-8,15H,4,9-14H2,(H2,22,25);2*1H. The average Bonchev–Trinajstić information content (AvgIpc) is 2.66. The molecule has 8 heteroatoms. The van der Waals surface area contributed by atoms with Crippen molar-refractivity contribution in [1.29, 1.82) is 0 Å². The fraction of sp³-hybridized carbons (Fsp3) is 0.350. The lowest BCUT2D eigenvalue weighted by Gasteiger charge is -2.36. The van der Waals surface area contributed by atoms with Crippen LogP contribution in [0.15, 0.2) is 48.5 Å². The van der Waals surface area contributed by atoms with Gasteiger partial charge >= 0.3 is 0 Å². The fourth-order valence-electron chi connectivity index (χ4n) is 3.17. The molecule has 1 aliphatic heterocycles. The zero-order valence-electron chi connectivity index (χ0n) is 15.6. The normalized spacial score (nSPS) is 14.0. The number of carbonyl (C=O) groups is 1. The van der Waals surface area contributed by atoms with Crippen LogP contribution in [-0.4, -0.2) is 50.1 Å². The predicted molar refractivity (Wildman–Crippen MR) is 120 cm³/mol. The van der Waals surface area contributed by atoms with Gasteiger partial charge in [-0.2, -0.15) is 0 Å². The van der Waals surface area contributed by atoms with Crippen LogP contribution in [-0.2, 0) is 0 Å². The molecule has 1 heterocycles. The van der Waals surface area contributed by atoms with E-state index < -0.39 is 5.91 Å². The number of benzene rings is 2. The van der Waals surface area contributed by atoms with Crippen LogP contribution in [0.1, 0.15) is 16.8 Å². The van der Waals surface area contributed by atoms with Crippen molar-refractivity contribution in [3.8, 4) is 5.75 Å². The fourth-order valence-corrected chi connectivity index (χ4v) is 3.35. The smallest absolute Gasteiger partial charge is 0.252 e. The average molecular weight is 447 g/mol. The molecule has 3 rings (SSSR count). The molecule has 0 unspecified atom stereocenters. The van der Waals surface area contributed by atoms with Crippen molar-refractivity contribution in [2.75, 3.05) is 44.2 Å². The Morgan fingerprint density at radius 1 is 1.04 bits per heavy atom. The first-order valence-electron chi connectivity index (χ1n) is 8.88. The van der Waals surface area contributed by atoms with Crippen LogP contribution in [0.2, 0.25) is 5.02 Å². The number of nitrogens with two attached hydrogens (primary N) is 1. The Hall–Kier alpha value is -1.66. The number of hydrogen-bond acceptors (Lipinski definition) is 4. The second-order valence-corrected chi connectivity index (χ2v) is 6.81. The van der Waals surface area contributed by atoms with Gasteiger partial charge in [-0.1, -0.05) is 29.8 Å². The van der Waals surface area contributed by atoms with E-state index in [1.165, 1.54) is 5.69 Å². The molecular weight excluding hydrogens is 421 g/mol. The Labute approximate surface area is 183 Å². The highest BCUT2D eigenvalue weighted by Gasteiger charge is 2.17. The molecule has 0 aliphatic carbocycles. The quantitative estimate of drug-likeness (QED) is 0.656. The molecule has 5 nitrogen and oxygen atoms in total. The lowest BCUT2D eigenvalue weighted by Crippen LogP contribution is -2.46. The minimum Gasteiger partial charge on any atom is -0.493 e. The van der Waals surface area contributed by atoms with E-state index >= 15 is 0 Å². The van der Waals surface area contributed by atoms with Crippen LogP contribution >= 0.6 is 36.4 Å². The summed E-state index contributed by atoms with van der Waals surface area (Å²) in [7, 11) is 0. The molecule has 0 spiro atoms. The molecule has 1 fully saturated rings. The highest BCUT2D eigenvalue weighted by molar-refractivity contribution is 6.30. The maximum absolute atomic E-state index is 11.4. The van der Waals surface area contributed by atoms with Crippen molar-refractivity contribution in [1.82, 2.24) is 4.90 Å². The Morgan fingerprint density at radius 2 is 1.75 bits per heavy atom. The van der Waals surface area contributed by atoms with Gasteiger partial charge in [-0.3, -0.25) is 9.69 Å². The second-order valence-electron chi connectivity index (χ2n) is 6.37. The van der Waals surface area contributed by atoms with E-state index in [4.69, 9.17) is 22.1 Å². The molecule has 2 N–H and O–H groups in total. The summed E-state index contributed by atoms with van der Waals surface area (Å²) in [5.41, 5.74) is 6.98. The lowest BCUT2D eigenvalue weighted by molar-refractivity contribution is 0.0996. The van der Waals surface area contributed by atoms with Gasteiger partial charge in [-0.15, -0.1) is 24.8 Å². The van der Waals surface area contributed by atoms with E-state index in [2.05, 4.69) is 15.9 Å². The van der Waals surface area contributed by atoms with Crippen LogP contribution in [0.5, 0.6) is 5.75 Å². The van der Waals surface area contributed by atoms with Crippen LogP contribution in [0.4, 0.5) is 5.69 Å². The number of primary amides is 1. The number of hydrogen-bond donors (Lipinski definition) is 1. The minimum absolute atomic E-state index is 0. The third-order valence-electron chi connectivity index (χ3n) is 4.57. The lowest BCUT2D eigenvalue weighted by atomic mass is 10.2. The molecule has 1 aliphatic rings. The summed E-state index contributed by atoms with van der Waals surface area (Å²) in [5.74, 6) is 0.100. The molecule has 2 aromatic rings. The molecule has 28 heavy (non-hydrogen) atoms. The van der Waals surface area contributed by atoms with Crippen LogP contribution in [0.3, 0.4) is 0 Å². The zero-order valence-corrected chi connectivity index (χ0v) is 17.9. The van der Waals surface area contributed by atoms with Gasteiger partial charge in [0.05, 0.1) is 12.2 Å². The number of para-hydroxylation sites is 1. The number of nitrogens with zero attached hydrogens (tertiary/aromatic N) is 2. The van der Waals surface area contributed by atoms with Crippen molar-refractivity contribution in [3.63, 3.8) is 0 Å². The first kappa shape index (κ1) is 24.4. The number of piperazine rings is 1. The molecule has 1 amide bonds. The Kier molecular flexibility index (Phi) is 10.5. The van der Waals surface area contributed by atoms with Crippen LogP contribution in [0, 0.1) is 0 Å². The number of anilines is 1. The molecule has 0 bridgehead atoms. The first-order chi connectivity index (χ1) is 12.6. The highest BCUT2D eigenvalue weighted by atomic mass is 35.5. The van der Waals surface area contributed by atoms with Gasteiger partial charge in [0.2, 0.25) is 0 Å². The van der Waals surface area contributed by atoms with Gasteiger partial charge in [0, 0.05) is 43.4 Å². The van der Waals surface area contributed by atoms with E-state index in [0.717, 1.165) is 44.2 Å². The summed E-state index contributed by atoms with van der Waals surface area (Å²) in [6.07, 6.45) is 0.907. The third-order valence-corrected chi connectivity index (χ3v) is 4.81. The molecular formula is C20H26Cl3N3O2. The van der Waals surface area contributed by atoms with Crippen LogP contribution < -0.4 is 15.4 Å². The maximum atomic E-state index is 11.4. The number of rotatable bonds is 7. The van der Waals surface area contributed by atoms with Crippen molar-refractivity contribution >= 4 is 48.0 Å². The van der Waals surface area contributed by atoms with E-state index in [1.54, 1.807) is 18.2 Å². The molecule has 154 valence electrons. The molecule has 0 aromatic heterocycles. The SMILES string of the molecule is Cl.Cl.NC(=O)c1ccccc1OCCCN1CCN(c2cccc(Cl)c2)CC1.